The van der Waals surface area contributed by atoms with E-state index in [1.54, 1.807) is 19.1 Å². The van der Waals surface area contributed by atoms with Crippen molar-refractivity contribution in [2.45, 2.75) is 6.92 Å². The third-order valence-electron chi connectivity index (χ3n) is 3.50. The number of halogens is 2. The second-order valence-electron chi connectivity index (χ2n) is 4.91. The number of aromatic nitrogens is 1. The molecule has 1 aromatic heterocycles. The van der Waals surface area contributed by atoms with Gasteiger partial charge in [0, 0.05) is 22.7 Å². The van der Waals surface area contributed by atoms with E-state index in [9.17, 15) is 8.78 Å². The molecule has 0 fully saturated rings. The Kier molecular flexibility index (Phi) is 3.13. The molecule has 0 saturated heterocycles. The van der Waals surface area contributed by atoms with Crippen LogP contribution >= 0.6 is 0 Å². The first-order valence-corrected chi connectivity index (χ1v) is 6.37. The van der Waals surface area contributed by atoms with Crippen LogP contribution in [0, 0.1) is 18.6 Å². The Bertz CT molecular complexity index is 842. The smallest absolute Gasteiger partial charge is 0.140 e. The summed E-state index contributed by atoms with van der Waals surface area (Å²) in [6.45, 7) is 1.72. The molecule has 0 aliphatic carbocycles. The number of anilines is 1. The summed E-state index contributed by atoms with van der Waals surface area (Å²) in [4.78, 5) is 3.88. The van der Waals surface area contributed by atoms with Gasteiger partial charge < -0.3 is 5.73 Å². The van der Waals surface area contributed by atoms with Crippen LogP contribution in [0.5, 0.6) is 0 Å². The highest BCUT2D eigenvalue weighted by atomic mass is 19.1. The molecule has 3 aromatic rings. The van der Waals surface area contributed by atoms with Crippen LogP contribution in [0.2, 0.25) is 0 Å². The van der Waals surface area contributed by atoms with Gasteiger partial charge in [-0.15, -0.1) is 0 Å². The second-order valence-corrected chi connectivity index (χ2v) is 4.91. The summed E-state index contributed by atoms with van der Waals surface area (Å²) in [5.74, 6) is -0.792. The van der Waals surface area contributed by atoms with E-state index in [4.69, 9.17) is 13.6 Å². The molecular formula is C16H11BF2N2. The normalized spacial score (nSPS) is 11.0. The molecule has 1 heterocycles. The number of benzene rings is 2. The van der Waals surface area contributed by atoms with Crippen molar-refractivity contribution in [1.29, 1.82) is 0 Å². The van der Waals surface area contributed by atoms with E-state index in [0.29, 0.717) is 16.4 Å². The quantitative estimate of drug-likeness (QED) is 0.696. The molecule has 3 rings (SSSR count). The fraction of sp³-hybridized carbons (Fsp3) is 0.0625. The molecule has 0 spiro atoms. The zero-order chi connectivity index (χ0) is 15.1. The minimum absolute atomic E-state index is 0.127. The van der Waals surface area contributed by atoms with Gasteiger partial charge in [0.2, 0.25) is 0 Å². The van der Waals surface area contributed by atoms with Gasteiger partial charge in [-0.3, -0.25) is 0 Å². The van der Waals surface area contributed by atoms with Gasteiger partial charge in [0.1, 0.15) is 25.3 Å². The monoisotopic (exact) mass is 280 g/mol. The van der Waals surface area contributed by atoms with E-state index in [1.807, 2.05) is 0 Å². The van der Waals surface area contributed by atoms with E-state index in [0.717, 1.165) is 0 Å². The average molecular weight is 280 g/mol. The van der Waals surface area contributed by atoms with Crippen LogP contribution in [0.4, 0.5) is 14.6 Å². The lowest BCUT2D eigenvalue weighted by molar-refractivity contribution is 0.620. The molecule has 2 nitrogen and oxygen atoms in total. The predicted octanol–water partition coefficient (Wildman–Crippen LogP) is 2.86. The third-order valence-corrected chi connectivity index (χ3v) is 3.50. The van der Waals surface area contributed by atoms with Crippen LogP contribution in [0.3, 0.4) is 0 Å². The minimum atomic E-state index is -0.556. The average Bonchev–Trinajstić information content (AvgIpc) is 2.44. The number of nitrogens with two attached hydrogens (primary N) is 1. The second kappa shape index (κ2) is 4.84. The number of nitrogen functional groups attached to an aromatic ring is 1. The van der Waals surface area contributed by atoms with Crippen LogP contribution in [-0.4, -0.2) is 12.8 Å². The van der Waals surface area contributed by atoms with E-state index in [-0.39, 0.29) is 22.3 Å². The highest BCUT2D eigenvalue weighted by Crippen LogP contribution is 2.31. The maximum atomic E-state index is 14.7. The SMILES string of the molecule is [B]c1cc(-c2c(C)cccc2F)c(F)c2cnc(N)cc12. The van der Waals surface area contributed by atoms with Crippen molar-refractivity contribution in [3.8, 4) is 11.1 Å². The molecule has 2 radical (unpaired) electrons. The van der Waals surface area contributed by atoms with Crippen molar-refractivity contribution in [3.63, 3.8) is 0 Å². The Labute approximate surface area is 122 Å². The zero-order valence-corrected chi connectivity index (χ0v) is 11.3. The van der Waals surface area contributed by atoms with Gasteiger partial charge in [0.05, 0.1) is 0 Å². The summed E-state index contributed by atoms with van der Waals surface area (Å²) in [5, 5.41) is 0.694. The van der Waals surface area contributed by atoms with Crippen LogP contribution in [-0.2, 0) is 0 Å². The van der Waals surface area contributed by atoms with E-state index >= 15 is 0 Å². The molecule has 2 aromatic carbocycles. The summed E-state index contributed by atoms with van der Waals surface area (Å²) in [6, 6.07) is 7.54. The highest BCUT2D eigenvalue weighted by molar-refractivity contribution is 6.39. The molecule has 5 heteroatoms. The number of rotatable bonds is 1. The summed E-state index contributed by atoms with van der Waals surface area (Å²) in [6.07, 6.45) is 1.32. The van der Waals surface area contributed by atoms with Crippen molar-refractivity contribution >= 4 is 29.9 Å². The molecular weight excluding hydrogens is 269 g/mol. The minimum Gasteiger partial charge on any atom is -0.384 e. The highest BCUT2D eigenvalue weighted by Gasteiger charge is 2.16. The van der Waals surface area contributed by atoms with Crippen LogP contribution in [0.1, 0.15) is 5.56 Å². The Morgan fingerprint density at radius 1 is 1.14 bits per heavy atom. The molecule has 0 aliphatic rings. The Morgan fingerprint density at radius 2 is 1.90 bits per heavy atom. The van der Waals surface area contributed by atoms with Crippen LogP contribution < -0.4 is 11.2 Å². The van der Waals surface area contributed by atoms with Crippen molar-refractivity contribution in [3.05, 3.63) is 53.7 Å². The molecule has 0 atom stereocenters. The Balaban J connectivity index is 2.40. The van der Waals surface area contributed by atoms with Gasteiger partial charge in [0.25, 0.3) is 0 Å². The first kappa shape index (κ1) is 13.6. The summed E-state index contributed by atoms with van der Waals surface area (Å²) >= 11 is 0. The fourth-order valence-electron chi connectivity index (χ4n) is 2.48. The number of hydrogen-bond donors (Lipinski definition) is 1. The van der Waals surface area contributed by atoms with Gasteiger partial charge in [-0.05, 0) is 30.0 Å². The van der Waals surface area contributed by atoms with E-state index in [2.05, 4.69) is 4.98 Å². The van der Waals surface area contributed by atoms with Gasteiger partial charge in [-0.1, -0.05) is 23.7 Å². The molecule has 102 valence electrons. The van der Waals surface area contributed by atoms with Gasteiger partial charge in [-0.25, -0.2) is 13.8 Å². The lowest BCUT2D eigenvalue weighted by Gasteiger charge is -2.13. The largest absolute Gasteiger partial charge is 0.384 e. The first-order valence-electron chi connectivity index (χ1n) is 6.37. The van der Waals surface area contributed by atoms with Gasteiger partial charge >= 0.3 is 0 Å². The number of hydrogen-bond acceptors (Lipinski definition) is 2. The van der Waals surface area contributed by atoms with E-state index in [1.165, 1.54) is 24.4 Å². The number of aryl methyl sites for hydroxylation is 1. The predicted molar refractivity (Wildman–Crippen MR) is 81.6 cm³/mol. The van der Waals surface area contributed by atoms with Crippen molar-refractivity contribution < 1.29 is 8.78 Å². The topological polar surface area (TPSA) is 38.9 Å². The standard InChI is InChI=1S/C16H11BF2N2/c1-8-3-2-4-13(18)15(8)10-5-12(17)9-6-14(20)21-7-11(9)16(10)19/h2-7H,1H3,(H2,20,21). The van der Waals surface area contributed by atoms with Crippen molar-refractivity contribution in [2.75, 3.05) is 5.73 Å². The summed E-state index contributed by atoms with van der Waals surface area (Å²) < 4.78 is 28.8. The maximum Gasteiger partial charge on any atom is 0.140 e. The van der Waals surface area contributed by atoms with Crippen LogP contribution in [0.15, 0.2) is 36.5 Å². The molecule has 21 heavy (non-hydrogen) atoms. The number of fused-ring (bicyclic) bond motifs is 1. The lowest BCUT2D eigenvalue weighted by atomic mass is 9.86. The summed E-state index contributed by atoms with van der Waals surface area (Å²) in [7, 11) is 5.96. The van der Waals surface area contributed by atoms with Crippen LogP contribution in [0.25, 0.3) is 21.9 Å². The van der Waals surface area contributed by atoms with Gasteiger partial charge in [0.15, 0.2) is 0 Å². The Hall–Kier alpha value is -2.43. The number of nitrogens with zero attached hydrogens (tertiary/aromatic N) is 1. The van der Waals surface area contributed by atoms with Gasteiger partial charge in [-0.2, -0.15) is 0 Å². The number of pyridine rings is 1. The molecule has 0 aliphatic heterocycles. The maximum absolute atomic E-state index is 14.7. The lowest BCUT2D eigenvalue weighted by Crippen LogP contribution is -2.09. The van der Waals surface area contributed by atoms with Crippen molar-refractivity contribution in [1.82, 2.24) is 4.98 Å². The molecule has 0 saturated carbocycles. The molecule has 2 N–H and O–H groups in total. The van der Waals surface area contributed by atoms with E-state index < -0.39 is 11.6 Å². The summed E-state index contributed by atoms with van der Waals surface area (Å²) in [5.41, 5.74) is 6.89. The third kappa shape index (κ3) is 2.15. The van der Waals surface area contributed by atoms with Crippen molar-refractivity contribution in [2.24, 2.45) is 0 Å². The zero-order valence-electron chi connectivity index (χ0n) is 11.3. The molecule has 0 unspecified atom stereocenters. The molecule has 0 bridgehead atoms. The Morgan fingerprint density at radius 3 is 2.62 bits per heavy atom. The molecule has 0 amide bonds. The fourth-order valence-corrected chi connectivity index (χ4v) is 2.48. The first-order chi connectivity index (χ1) is 9.99.